The SMILES string of the molecule is CCCCN(CC(=O)Nc1cc(-c2ccccc2)nn1-c1ccc(Cl)c(Cl)c1)C(=O)Nc1c(C)cccc1C. The number of aryl methyl sites for hydroxylation is 2. The van der Waals surface area contributed by atoms with Crippen LogP contribution in [0.4, 0.5) is 16.3 Å². The zero-order valence-electron chi connectivity index (χ0n) is 22.2. The molecule has 0 saturated heterocycles. The van der Waals surface area contributed by atoms with Gasteiger partial charge in [-0.1, -0.05) is 85.1 Å². The van der Waals surface area contributed by atoms with Crippen LogP contribution in [0.5, 0.6) is 0 Å². The highest BCUT2D eigenvalue weighted by Crippen LogP contribution is 2.29. The van der Waals surface area contributed by atoms with E-state index in [-0.39, 0.29) is 18.5 Å². The number of urea groups is 1. The second-order valence-electron chi connectivity index (χ2n) is 9.31. The van der Waals surface area contributed by atoms with Crippen LogP contribution in [-0.4, -0.2) is 39.7 Å². The third-order valence-electron chi connectivity index (χ3n) is 6.31. The average Bonchev–Trinajstić information content (AvgIpc) is 3.34. The van der Waals surface area contributed by atoms with Crippen LogP contribution in [0.3, 0.4) is 0 Å². The zero-order chi connectivity index (χ0) is 27.9. The van der Waals surface area contributed by atoms with Gasteiger partial charge in [-0.05, 0) is 49.6 Å². The van der Waals surface area contributed by atoms with Crippen LogP contribution in [0.15, 0.2) is 72.8 Å². The lowest BCUT2D eigenvalue weighted by atomic mass is 10.1. The first-order chi connectivity index (χ1) is 18.8. The molecular weight excluding hydrogens is 533 g/mol. The van der Waals surface area contributed by atoms with Crippen LogP contribution in [0.2, 0.25) is 10.0 Å². The summed E-state index contributed by atoms with van der Waals surface area (Å²) >= 11 is 12.4. The number of benzene rings is 3. The fourth-order valence-electron chi connectivity index (χ4n) is 4.19. The summed E-state index contributed by atoms with van der Waals surface area (Å²) in [6.07, 6.45) is 1.66. The summed E-state index contributed by atoms with van der Waals surface area (Å²) in [5.41, 5.74) is 4.88. The number of rotatable bonds is 9. The zero-order valence-corrected chi connectivity index (χ0v) is 23.7. The summed E-state index contributed by atoms with van der Waals surface area (Å²) in [5, 5.41) is 11.5. The van der Waals surface area contributed by atoms with Crippen LogP contribution in [0, 0.1) is 13.8 Å². The smallest absolute Gasteiger partial charge is 0.315 e. The number of halogens is 2. The Balaban J connectivity index is 1.59. The first-order valence-electron chi connectivity index (χ1n) is 12.8. The lowest BCUT2D eigenvalue weighted by molar-refractivity contribution is -0.116. The van der Waals surface area contributed by atoms with Crippen molar-refractivity contribution in [1.29, 1.82) is 0 Å². The van der Waals surface area contributed by atoms with E-state index >= 15 is 0 Å². The van der Waals surface area contributed by atoms with E-state index in [4.69, 9.17) is 28.3 Å². The number of nitrogens with zero attached hydrogens (tertiary/aromatic N) is 3. The fourth-order valence-corrected chi connectivity index (χ4v) is 4.48. The van der Waals surface area contributed by atoms with E-state index in [1.165, 1.54) is 4.90 Å². The molecule has 0 aliphatic rings. The van der Waals surface area contributed by atoms with Crippen molar-refractivity contribution >= 4 is 46.6 Å². The quantitative estimate of drug-likeness (QED) is 0.218. The van der Waals surface area contributed by atoms with Crippen molar-refractivity contribution < 1.29 is 9.59 Å². The number of carbonyl (C=O) groups excluding carboxylic acids is 2. The Morgan fingerprint density at radius 2 is 1.62 bits per heavy atom. The van der Waals surface area contributed by atoms with Gasteiger partial charge in [-0.15, -0.1) is 0 Å². The minimum Gasteiger partial charge on any atom is -0.315 e. The molecule has 0 atom stereocenters. The van der Waals surface area contributed by atoms with E-state index in [0.717, 1.165) is 35.2 Å². The van der Waals surface area contributed by atoms with E-state index < -0.39 is 0 Å². The number of para-hydroxylation sites is 1. The highest BCUT2D eigenvalue weighted by Gasteiger charge is 2.21. The standard InChI is InChI=1S/C30H31Cl2N5O2/c1-4-5-16-36(30(39)34-29-20(2)10-9-11-21(29)3)19-28(38)33-27-18-26(22-12-7-6-8-13-22)35-37(27)23-14-15-24(31)25(32)17-23/h6-15,17-18H,4-5,16,19H2,1-3H3,(H,33,38)(H,34,39). The molecule has 0 unspecified atom stereocenters. The Kier molecular flexibility index (Phi) is 9.28. The molecule has 0 fully saturated rings. The van der Waals surface area contributed by atoms with Gasteiger partial charge in [0.1, 0.15) is 12.4 Å². The lowest BCUT2D eigenvalue weighted by Crippen LogP contribution is -2.41. The van der Waals surface area contributed by atoms with E-state index in [0.29, 0.717) is 33.8 Å². The summed E-state index contributed by atoms with van der Waals surface area (Å²) in [6.45, 7) is 6.26. The van der Waals surface area contributed by atoms with Gasteiger partial charge in [0.15, 0.2) is 0 Å². The number of nitrogens with one attached hydrogen (secondary N) is 2. The summed E-state index contributed by atoms with van der Waals surface area (Å²) < 4.78 is 1.61. The number of carbonyl (C=O) groups is 2. The molecule has 1 aromatic heterocycles. The minimum absolute atomic E-state index is 0.121. The molecule has 2 N–H and O–H groups in total. The van der Waals surface area contributed by atoms with E-state index in [9.17, 15) is 9.59 Å². The lowest BCUT2D eigenvalue weighted by Gasteiger charge is -2.23. The second-order valence-corrected chi connectivity index (χ2v) is 10.1. The maximum atomic E-state index is 13.3. The highest BCUT2D eigenvalue weighted by molar-refractivity contribution is 6.42. The Labute approximate surface area is 238 Å². The normalized spacial score (nSPS) is 10.8. The Morgan fingerprint density at radius 1 is 0.897 bits per heavy atom. The first kappa shape index (κ1) is 28.2. The van der Waals surface area contributed by atoms with E-state index in [2.05, 4.69) is 10.6 Å². The average molecular weight is 565 g/mol. The van der Waals surface area contributed by atoms with E-state index in [1.54, 1.807) is 28.9 Å². The number of aromatic nitrogens is 2. The van der Waals surface area contributed by atoms with Gasteiger partial charge in [0.2, 0.25) is 5.91 Å². The molecule has 0 spiro atoms. The Bertz CT molecular complexity index is 1450. The van der Waals surface area contributed by atoms with Crippen LogP contribution in [-0.2, 0) is 4.79 Å². The van der Waals surface area contributed by atoms with Crippen molar-refractivity contribution in [2.75, 3.05) is 23.7 Å². The number of anilines is 2. The maximum absolute atomic E-state index is 13.3. The van der Waals surface area contributed by atoms with Gasteiger partial charge in [0.05, 0.1) is 21.4 Å². The number of unbranched alkanes of at least 4 members (excludes halogenated alkanes) is 1. The molecule has 0 bridgehead atoms. The van der Waals surface area contributed by atoms with Gasteiger partial charge in [0.25, 0.3) is 0 Å². The second kappa shape index (κ2) is 12.8. The van der Waals surface area contributed by atoms with Crippen molar-refractivity contribution in [1.82, 2.24) is 14.7 Å². The largest absolute Gasteiger partial charge is 0.322 e. The topological polar surface area (TPSA) is 79.3 Å². The van der Waals surface area contributed by atoms with Crippen LogP contribution < -0.4 is 10.6 Å². The summed E-state index contributed by atoms with van der Waals surface area (Å²) in [6, 6.07) is 22.1. The molecule has 39 heavy (non-hydrogen) atoms. The van der Waals surface area contributed by atoms with Gasteiger partial charge in [-0.3, -0.25) is 4.79 Å². The predicted octanol–water partition coefficient (Wildman–Crippen LogP) is 7.74. The molecule has 9 heteroatoms. The molecule has 7 nitrogen and oxygen atoms in total. The van der Waals surface area contributed by atoms with Crippen LogP contribution >= 0.6 is 23.2 Å². The first-order valence-corrected chi connectivity index (χ1v) is 13.5. The third-order valence-corrected chi connectivity index (χ3v) is 7.05. The van der Waals surface area contributed by atoms with Crippen LogP contribution in [0.25, 0.3) is 16.9 Å². The molecule has 202 valence electrons. The fraction of sp³-hybridized carbons (Fsp3) is 0.233. The molecule has 3 amide bonds. The van der Waals surface area contributed by atoms with Gasteiger partial charge < -0.3 is 15.5 Å². The third kappa shape index (κ3) is 6.99. The van der Waals surface area contributed by atoms with Crippen LogP contribution in [0.1, 0.15) is 30.9 Å². The van der Waals surface area contributed by atoms with Gasteiger partial charge >= 0.3 is 6.03 Å². The predicted molar refractivity (Wildman–Crippen MR) is 159 cm³/mol. The molecule has 0 aliphatic carbocycles. The summed E-state index contributed by atoms with van der Waals surface area (Å²) in [5.74, 6) is 0.103. The molecule has 0 radical (unpaired) electrons. The molecule has 0 aliphatic heterocycles. The maximum Gasteiger partial charge on any atom is 0.322 e. The van der Waals surface area contributed by atoms with Crippen molar-refractivity contribution in [2.45, 2.75) is 33.6 Å². The van der Waals surface area contributed by atoms with Crippen molar-refractivity contribution in [3.8, 4) is 16.9 Å². The number of amides is 3. The van der Waals surface area contributed by atoms with Crippen molar-refractivity contribution in [3.05, 3.63) is 94.0 Å². The van der Waals surface area contributed by atoms with E-state index in [1.807, 2.05) is 69.3 Å². The van der Waals surface area contributed by atoms with Gasteiger partial charge in [0, 0.05) is 23.9 Å². The summed E-state index contributed by atoms with van der Waals surface area (Å²) in [4.78, 5) is 28.1. The molecule has 1 heterocycles. The van der Waals surface area contributed by atoms with Crippen molar-refractivity contribution in [2.24, 2.45) is 0 Å². The highest BCUT2D eigenvalue weighted by atomic mass is 35.5. The molecule has 3 aromatic carbocycles. The Hall–Kier alpha value is -3.81. The molecular formula is C30H31Cl2N5O2. The number of hydrogen-bond donors (Lipinski definition) is 2. The molecule has 0 saturated carbocycles. The van der Waals surface area contributed by atoms with Gasteiger partial charge in [-0.25, -0.2) is 9.48 Å². The van der Waals surface area contributed by atoms with Gasteiger partial charge in [-0.2, -0.15) is 5.10 Å². The molecule has 4 rings (SSSR count). The summed E-state index contributed by atoms with van der Waals surface area (Å²) in [7, 11) is 0. The Morgan fingerprint density at radius 3 is 2.28 bits per heavy atom. The minimum atomic E-state index is -0.344. The molecule has 4 aromatic rings. The monoisotopic (exact) mass is 563 g/mol. The number of hydrogen-bond acceptors (Lipinski definition) is 3. The van der Waals surface area contributed by atoms with Crippen molar-refractivity contribution in [3.63, 3.8) is 0 Å².